The number of ketones is 1. The Bertz CT molecular complexity index is 629. The number of carbonyl (C=O) groups excluding carboxylic acids is 1. The quantitative estimate of drug-likeness (QED) is 0.789. The molecule has 0 atom stereocenters. The molecule has 0 aliphatic heterocycles. The van der Waals surface area contributed by atoms with Crippen LogP contribution in [0.2, 0.25) is 0 Å². The van der Waals surface area contributed by atoms with E-state index in [1.807, 2.05) is 6.07 Å². The van der Waals surface area contributed by atoms with Crippen LogP contribution in [0.25, 0.3) is 0 Å². The topological polar surface area (TPSA) is 50.1 Å². The number of benzene rings is 2. The molecule has 0 unspecified atom stereocenters. The van der Waals surface area contributed by atoms with E-state index >= 15 is 0 Å². The molecule has 0 amide bonds. The molecule has 0 radical (unpaired) electrons. The number of hydrogen-bond donors (Lipinski definition) is 0. The van der Waals surface area contributed by atoms with Gasteiger partial charge in [-0.2, -0.15) is 5.26 Å². The third kappa shape index (κ3) is 2.96. The lowest BCUT2D eigenvalue weighted by atomic mass is 10.0. The lowest BCUT2D eigenvalue weighted by Gasteiger charge is -2.04. The predicted molar refractivity (Wildman–Crippen MR) is 67.4 cm³/mol. The fourth-order valence-corrected chi connectivity index (χ4v) is 1.62. The Kier molecular flexibility index (Phi) is 3.89. The summed E-state index contributed by atoms with van der Waals surface area (Å²) in [6.07, 6.45) is 0. The van der Waals surface area contributed by atoms with Crippen molar-refractivity contribution in [2.75, 3.05) is 6.61 Å². The summed E-state index contributed by atoms with van der Waals surface area (Å²) < 4.78 is 18.6. The van der Waals surface area contributed by atoms with E-state index in [4.69, 9.17) is 10.00 Å². The highest BCUT2D eigenvalue weighted by Crippen LogP contribution is 2.17. The van der Waals surface area contributed by atoms with Crippen LogP contribution >= 0.6 is 0 Å². The van der Waals surface area contributed by atoms with Crippen LogP contribution in [0.15, 0.2) is 48.5 Å². The fourth-order valence-electron chi connectivity index (χ4n) is 1.62. The van der Waals surface area contributed by atoms with E-state index in [9.17, 15) is 9.18 Å². The molecule has 0 spiro atoms. The molecule has 0 aliphatic carbocycles. The summed E-state index contributed by atoms with van der Waals surface area (Å²) in [7, 11) is 0. The molecule has 3 nitrogen and oxygen atoms in total. The third-order valence-electron chi connectivity index (χ3n) is 2.54. The van der Waals surface area contributed by atoms with Gasteiger partial charge in [-0.15, -0.1) is 0 Å². The van der Waals surface area contributed by atoms with Crippen molar-refractivity contribution in [1.29, 1.82) is 5.26 Å². The minimum absolute atomic E-state index is 0.0354. The Labute approximate surface area is 109 Å². The standard InChI is InChI=1S/C15H10FNO2/c16-14-4-2-1-3-13(14)15(18)11-5-7-12(8-6-11)19-10-9-17/h1-8H,10H2. The van der Waals surface area contributed by atoms with Crippen molar-refractivity contribution in [3.05, 3.63) is 65.5 Å². The minimum Gasteiger partial charge on any atom is -0.479 e. The van der Waals surface area contributed by atoms with Crippen molar-refractivity contribution >= 4 is 5.78 Å². The van der Waals surface area contributed by atoms with Crippen molar-refractivity contribution in [3.8, 4) is 11.8 Å². The van der Waals surface area contributed by atoms with E-state index in [2.05, 4.69) is 0 Å². The van der Waals surface area contributed by atoms with E-state index in [1.54, 1.807) is 30.3 Å². The van der Waals surface area contributed by atoms with Crippen molar-refractivity contribution in [1.82, 2.24) is 0 Å². The summed E-state index contributed by atoms with van der Waals surface area (Å²) >= 11 is 0. The molecule has 0 heterocycles. The molecule has 0 saturated carbocycles. The van der Waals surface area contributed by atoms with Crippen LogP contribution in [0.5, 0.6) is 5.75 Å². The molecule has 2 rings (SSSR count). The monoisotopic (exact) mass is 255 g/mol. The first-order chi connectivity index (χ1) is 9.22. The molecular formula is C15H10FNO2. The van der Waals surface area contributed by atoms with Gasteiger partial charge in [-0.1, -0.05) is 12.1 Å². The molecule has 0 aliphatic rings. The van der Waals surface area contributed by atoms with Gasteiger partial charge in [0.15, 0.2) is 12.4 Å². The van der Waals surface area contributed by atoms with Gasteiger partial charge in [0.25, 0.3) is 0 Å². The van der Waals surface area contributed by atoms with E-state index < -0.39 is 5.82 Å². The zero-order valence-corrected chi connectivity index (χ0v) is 9.97. The van der Waals surface area contributed by atoms with Gasteiger partial charge in [-0.3, -0.25) is 4.79 Å². The number of rotatable bonds is 4. The van der Waals surface area contributed by atoms with E-state index in [0.29, 0.717) is 11.3 Å². The van der Waals surface area contributed by atoms with Crippen molar-refractivity contribution in [3.63, 3.8) is 0 Å². The maximum absolute atomic E-state index is 13.5. The lowest BCUT2D eigenvalue weighted by Crippen LogP contribution is -2.04. The average molecular weight is 255 g/mol. The molecule has 19 heavy (non-hydrogen) atoms. The van der Waals surface area contributed by atoms with Gasteiger partial charge in [0, 0.05) is 5.56 Å². The Morgan fingerprint density at radius 3 is 2.47 bits per heavy atom. The molecule has 0 aromatic heterocycles. The summed E-state index contributed by atoms with van der Waals surface area (Å²) in [4.78, 5) is 12.1. The normalized spacial score (nSPS) is 9.68. The SMILES string of the molecule is N#CCOc1ccc(C(=O)c2ccccc2F)cc1. The summed E-state index contributed by atoms with van der Waals surface area (Å²) in [5.41, 5.74) is 0.405. The van der Waals surface area contributed by atoms with Crippen LogP contribution < -0.4 is 4.74 Å². The number of hydrogen-bond acceptors (Lipinski definition) is 3. The maximum Gasteiger partial charge on any atom is 0.195 e. The number of ether oxygens (including phenoxy) is 1. The first kappa shape index (κ1) is 12.8. The van der Waals surface area contributed by atoms with Crippen LogP contribution in [0.1, 0.15) is 15.9 Å². The van der Waals surface area contributed by atoms with Gasteiger partial charge in [0.05, 0.1) is 5.56 Å². The number of carbonyl (C=O) groups is 1. The molecule has 0 N–H and O–H groups in total. The van der Waals surface area contributed by atoms with Crippen LogP contribution in [0, 0.1) is 17.1 Å². The van der Waals surface area contributed by atoms with Gasteiger partial charge in [-0.05, 0) is 36.4 Å². The minimum atomic E-state index is -0.544. The van der Waals surface area contributed by atoms with E-state index in [-0.39, 0.29) is 18.0 Å². The summed E-state index contributed by atoms with van der Waals surface area (Å²) in [6, 6.07) is 13.9. The number of nitriles is 1. The number of halogens is 1. The highest BCUT2D eigenvalue weighted by molar-refractivity contribution is 6.09. The van der Waals surface area contributed by atoms with E-state index in [0.717, 1.165) is 0 Å². The van der Waals surface area contributed by atoms with Crippen LogP contribution in [0.3, 0.4) is 0 Å². The molecule has 94 valence electrons. The first-order valence-electron chi connectivity index (χ1n) is 5.61. The first-order valence-corrected chi connectivity index (χ1v) is 5.61. The van der Waals surface area contributed by atoms with Crippen LogP contribution in [0.4, 0.5) is 4.39 Å². The summed E-state index contributed by atoms with van der Waals surface area (Å²) in [5, 5.41) is 8.38. The second kappa shape index (κ2) is 5.78. The van der Waals surface area contributed by atoms with E-state index in [1.165, 1.54) is 18.2 Å². The fraction of sp³-hybridized carbons (Fsp3) is 0.0667. The number of nitrogens with zero attached hydrogens (tertiary/aromatic N) is 1. The highest BCUT2D eigenvalue weighted by Gasteiger charge is 2.13. The maximum atomic E-state index is 13.5. The Hall–Kier alpha value is -2.67. The summed E-state index contributed by atoms with van der Waals surface area (Å²) in [6.45, 7) is -0.0550. The van der Waals surface area contributed by atoms with Crippen molar-refractivity contribution < 1.29 is 13.9 Å². The lowest BCUT2D eigenvalue weighted by molar-refractivity contribution is 0.103. The van der Waals surface area contributed by atoms with Gasteiger partial charge in [-0.25, -0.2) is 4.39 Å². The molecule has 0 bridgehead atoms. The Morgan fingerprint density at radius 2 is 1.84 bits per heavy atom. The Balaban J connectivity index is 2.21. The summed E-state index contributed by atoms with van der Waals surface area (Å²) in [5.74, 6) is -0.436. The van der Waals surface area contributed by atoms with Crippen molar-refractivity contribution in [2.45, 2.75) is 0 Å². The average Bonchev–Trinajstić information content (AvgIpc) is 2.45. The van der Waals surface area contributed by atoms with Crippen molar-refractivity contribution in [2.24, 2.45) is 0 Å². The molecule has 2 aromatic carbocycles. The third-order valence-corrected chi connectivity index (χ3v) is 2.54. The second-order valence-corrected chi connectivity index (χ2v) is 3.78. The largest absolute Gasteiger partial charge is 0.479 e. The van der Waals surface area contributed by atoms with Crippen LogP contribution in [-0.4, -0.2) is 12.4 Å². The molecule has 0 fully saturated rings. The predicted octanol–water partition coefficient (Wildman–Crippen LogP) is 2.96. The molecule has 2 aromatic rings. The molecular weight excluding hydrogens is 245 g/mol. The van der Waals surface area contributed by atoms with Gasteiger partial charge < -0.3 is 4.74 Å². The van der Waals surface area contributed by atoms with Crippen LogP contribution in [-0.2, 0) is 0 Å². The van der Waals surface area contributed by atoms with Gasteiger partial charge in [0.2, 0.25) is 0 Å². The zero-order valence-electron chi connectivity index (χ0n) is 9.97. The second-order valence-electron chi connectivity index (χ2n) is 3.78. The van der Waals surface area contributed by atoms with Gasteiger partial charge >= 0.3 is 0 Å². The molecule has 0 saturated heterocycles. The zero-order chi connectivity index (χ0) is 13.7. The molecule has 4 heteroatoms. The smallest absolute Gasteiger partial charge is 0.195 e. The van der Waals surface area contributed by atoms with Gasteiger partial charge in [0.1, 0.15) is 17.6 Å². The highest BCUT2D eigenvalue weighted by atomic mass is 19.1. The Morgan fingerprint density at radius 1 is 1.16 bits per heavy atom.